The molecule has 1 amide bonds. The van der Waals surface area contributed by atoms with Crippen molar-refractivity contribution < 1.29 is 27.4 Å². The van der Waals surface area contributed by atoms with Crippen molar-refractivity contribution in [2.75, 3.05) is 19.0 Å². The number of nitrogens with zero attached hydrogens (tertiary/aromatic N) is 2. The minimum atomic E-state index is -0.877. The molecule has 9 heteroatoms. The highest BCUT2D eigenvalue weighted by molar-refractivity contribution is 5.96. The Morgan fingerprint density at radius 2 is 1.97 bits per heavy atom. The van der Waals surface area contributed by atoms with Gasteiger partial charge in [-0.15, -0.1) is 0 Å². The number of benzene rings is 2. The summed E-state index contributed by atoms with van der Waals surface area (Å²) in [6.45, 7) is 2.00. The molecule has 3 aromatic rings. The number of aryl methyl sites for hydroxylation is 1. The van der Waals surface area contributed by atoms with E-state index in [-0.39, 0.29) is 18.9 Å². The number of ether oxygens (including phenoxy) is 2. The number of methoxy groups -OCH3 is 1. The van der Waals surface area contributed by atoms with Crippen molar-refractivity contribution in [1.82, 2.24) is 9.97 Å². The van der Waals surface area contributed by atoms with Crippen LogP contribution in [0.5, 0.6) is 5.75 Å². The molecule has 0 bridgehead atoms. The summed E-state index contributed by atoms with van der Waals surface area (Å²) in [5, 5.41) is 2.50. The molecule has 2 aromatic carbocycles. The van der Waals surface area contributed by atoms with Gasteiger partial charge < -0.3 is 14.8 Å². The van der Waals surface area contributed by atoms with Crippen LogP contribution in [0.25, 0.3) is 0 Å². The van der Waals surface area contributed by atoms with Crippen LogP contribution in [-0.2, 0) is 21.6 Å². The zero-order valence-corrected chi connectivity index (χ0v) is 18.1. The maximum absolute atomic E-state index is 14.0. The van der Waals surface area contributed by atoms with Crippen LogP contribution in [0.1, 0.15) is 23.5 Å². The third kappa shape index (κ3) is 4.83. The van der Waals surface area contributed by atoms with E-state index in [1.165, 1.54) is 25.4 Å². The fourth-order valence-electron chi connectivity index (χ4n) is 3.89. The maximum atomic E-state index is 14.0. The number of carbonyl (C=O) groups is 1. The summed E-state index contributed by atoms with van der Waals surface area (Å²) in [6, 6.07) is 8.87. The fourth-order valence-corrected chi connectivity index (χ4v) is 3.89. The Bertz CT molecular complexity index is 1190. The van der Waals surface area contributed by atoms with Crippen molar-refractivity contribution in [3.05, 3.63) is 83.2 Å². The van der Waals surface area contributed by atoms with E-state index in [0.29, 0.717) is 35.3 Å². The van der Waals surface area contributed by atoms with Crippen molar-refractivity contribution >= 4 is 11.6 Å². The van der Waals surface area contributed by atoms with E-state index in [1.54, 1.807) is 19.1 Å². The average Bonchev–Trinajstić information content (AvgIpc) is 3.51. The summed E-state index contributed by atoms with van der Waals surface area (Å²) in [5.74, 6) is -2.19. The number of hydrogen-bond donors (Lipinski definition) is 1. The number of rotatable bonds is 8. The Hall–Kier alpha value is -3.46. The molecule has 1 aliphatic rings. The number of hydrogen-bond acceptors (Lipinski definition) is 5. The largest absolute Gasteiger partial charge is 0.489 e. The van der Waals surface area contributed by atoms with E-state index in [2.05, 4.69) is 15.3 Å². The molecule has 2 unspecified atom stereocenters. The lowest BCUT2D eigenvalue weighted by atomic mass is 9.93. The van der Waals surface area contributed by atoms with E-state index < -0.39 is 34.7 Å². The van der Waals surface area contributed by atoms with Gasteiger partial charge in [0, 0.05) is 18.6 Å². The molecule has 0 radical (unpaired) electrons. The second-order valence-corrected chi connectivity index (χ2v) is 7.99. The Morgan fingerprint density at radius 1 is 1.18 bits per heavy atom. The molecule has 4 rings (SSSR count). The number of amides is 1. The minimum absolute atomic E-state index is 0.0452. The van der Waals surface area contributed by atoms with Crippen LogP contribution in [0, 0.1) is 30.3 Å². The van der Waals surface area contributed by atoms with E-state index in [4.69, 9.17) is 9.47 Å². The van der Waals surface area contributed by atoms with E-state index in [0.717, 1.165) is 12.1 Å². The van der Waals surface area contributed by atoms with Gasteiger partial charge in [0.1, 0.15) is 29.0 Å². The lowest BCUT2D eigenvalue weighted by Crippen LogP contribution is -2.27. The normalized spacial score (nSPS) is 19.2. The molecular formula is C24H22F3N3O3. The van der Waals surface area contributed by atoms with Crippen molar-refractivity contribution in [2.24, 2.45) is 5.92 Å². The second-order valence-electron chi connectivity index (χ2n) is 7.99. The van der Waals surface area contributed by atoms with Gasteiger partial charge >= 0.3 is 0 Å². The predicted molar refractivity (Wildman–Crippen MR) is 114 cm³/mol. The Kier molecular flexibility index (Phi) is 6.33. The predicted octanol–water partition coefficient (Wildman–Crippen LogP) is 4.32. The molecule has 172 valence electrons. The van der Waals surface area contributed by atoms with Gasteiger partial charge in [0.25, 0.3) is 0 Å². The summed E-state index contributed by atoms with van der Waals surface area (Å²) in [4.78, 5) is 21.4. The fraction of sp³-hybridized carbons (Fsp3) is 0.292. The van der Waals surface area contributed by atoms with Gasteiger partial charge in [-0.3, -0.25) is 4.79 Å². The second kappa shape index (κ2) is 9.19. The topological polar surface area (TPSA) is 73.3 Å². The third-order valence-electron chi connectivity index (χ3n) is 5.70. The number of nitrogens with one attached hydrogen (secondary N) is 1. The van der Waals surface area contributed by atoms with Gasteiger partial charge in [0.15, 0.2) is 5.75 Å². The molecule has 1 aromatic heterocycles. The third-order valence-corrected chi connectivity index (χ3v) is 5.70. The molecule has 6 nitrogen and oxygen atoms in total. The highest BCUT2D eigenvalue weighted by atomic mass is 19.1. The number of carbonyl (C=O) groups excluding carboxylic acids is 1. The zero-order valence-electron chi connectivity index (χ0n) is 18.1. The van der Waals surface area contributed by atoms with Crippen LogP contribution in [0.4, 0.5) is 18.9 Å². The lowest BCUT2D eigenvalue weighted by molar-refractivity contribution is -0.117. The van der Waals surface area contributed by atoms with Gasteiger partial charge in [0.05, 0.1) is 31.0 Å². The standard InChI is InChI=1S/C24H22F3N3O3/c1-14-28-11-22(21(29-14)12-32-2)33-13-24(15-4-3-5-16(25)8-15)10-18(24)23(31)30-20-7-6-17(26)9-19(20)27/h3-9,11,18H,10,12-13H2,1-2H3,(H,30,31). The molecular weight excluding hydrogens is 435 g/mol. The van der Waals surface area contributed by atoms with E-state index >= 15 is 0 Å². The number of anilines is 1. The quantitative estimate of drug-likeness (QED) is 0.545. The summed E-state index contributed by atoms with van der Waals surface area (Å²) in [6.07, 6.45) is 1.89. The first-order valence-corrected chi connectivity index (χ1v) is 10.3. The minimum Gasteiger partial charge on any atom is -0.489 e. The molecule has 1 heterocycles. The molecule has 33 heavy (non-hydrogen) atoms. The molecule has 1 saturated carbocycles. The smallest absolute Gasteiger partial charge is 0.228 e. The molecule has 1 fully saturated rings. The monoisotopic (exact) mass is 457 g/mol. The summed E-state index contributed by atoms with van der Waals surface area (Å²) in [5.41, 5.74) is 0.174. The molecule has 1 N–H and O–H groups in total. The maximum Gasteiger partial charge on any atom is 0.228 e. The van der Waals surface area contributed by atoms with Crippen LogP contribution >= 0.6 is 0 Å². The van der Waals surface area contributed by atoms with Crippen LogP contribution < -0.4 is 10.1 Å². The van der Waals surface area contributed by atoms with Gasteiger partial charge in [-0.2, -0.15) is 0 Å². The SMILES string of the molecule is COCc1nc(C)ncc1OCC1(c2cccc(F)c2)CC1C(=O)Nc1ccc(F)cc1F. The Labute approximate surface area is 188 Å². The molecule has 0 aliphatic heterocycles. The highest BCUT2D eigenvalue weighted by Gasteiger charge is 2.60. The van der Waals surface area contributed by atoms with Crippen molar-refractivity contribution in [3.8, 4) is 5.75 Å². The Balaban J connectivity index is 1.58. The van der Waals surface area contributed by atoms with Crippen molar-refractivity contribution in [3.63, 3.8) is 0 Å². The summed E-state index contributed by atoms with van der Waals surface area (Å²) < 4.78 is 52.4. The molecule has 0 saturated heterocycles. The highest BCUT2D eigenvalue weighted by Crippen LogP contribution is 2.55. The first kappa shape index (κ1) is 22.7. The average molecular weight is 457 g/mol. The van der Waals surface area contributed by atoms with Crippen molar-refractivity contribution in [1.29, 1.82) is 0 Å². The zero-order chi connectivity index (χ0) is 23.6. The first-order valence-electron chi connectivity index (χ1n) is 10.3. The molecule has 0 spiro atoms. The van der Waals surface area contributed by atoms with Gasteiger partial charge in [-0.25, -0.2) is 23.1 Å². The Morgan fingerprint density at radius 3 is 2.70 bits per heavy atom. The molecule has 2 atom stereocenters. The van der Waals surface area contributed by atoms with Crippen LogP contribution in [-0.4, -0.2) is 29.6 Å². The number of halogens is 3. The van der Waals surface area contributed by atoms with E-state index in [9.17, 15) is 18.0 Å². The molecule has 1 aliphatic carbocycles. The number of aromatic nitrogens is 2. The summed E-state index contributed by atoms with van der Waals surface area (Å²) >= 11 is 0. The van der Waals surface area contributed by atoms with Gasteiger partial charge in [-0.1, -0.05) is 12.1 Å². The van der Waals surface area contributed by atoms with Gasteiger partial charge in [0.2, 0.25) is 5.91 Å². The van der Waals surface area contributed by atoms with Crippen LogP contribution in [0.15, 0.2) is 48.7 Å². The van der Waals surface area contributed by atoms with Crippen molar-refractivity contribution in [2.45, 2.75) is 25.4 Å². The van der Waals surface area contributed by atoms with E-state index in [1.807, 2.05) is 0 Å². The van der Waals surface area contributed by atoms with Crippen LogP contribution in [0.3, 0.4) is 0 Å². The van der Waals surface area contributed by atoms with Gasteiger partial charge in [-0.05, 0) is 43.2 Å². The van der Waals surface area contributed by atoms with Crippen LogP contribution in [0.2, 0.25) is 0 Å². The summed E-state index contributed by atoms with van der Waals surface area (Å²) in [7, 11) is 1.53. The first-order chi connectivity index (χ1) is 15.8. The lowest BCUT2D eigenvalue weighted by Gasteiger charge is -2.20.